The van der Waals surface area contributed by atoms with Gasteiger partial charge in [0.05, 0.1) is 4.92 Å². The molecule has 1 aliphatic rings. The molecule has 0 saturated carbocycles. The summed E-state index contributed by atoms with van der Waals surface area (Å²) in [7, 11) is 0. The summed E-state index contributed by atoms with van der Waals surface area (Å²) in [5, 5.41) is 15.8. The minimum atomic E-state index is -0.522. The van der Waals surface area contributed by atoms with Crippen LogP contribution in [0.4, 0.5) is 5.69 Å². The Hall–Kier alpha value is -4.57. The monoisotopic (exact) mass is 559 g/mol. The van der Waals surface area contributed by atoms with Crippen LogP contribution in [0.5, 0.6) is 0 Å². The van der Waals surface area contributed by atoms with Crippen molar-refractivity contribution in [2.75, 3.05) is 13.1 Å². The van der Waals surface area contributed by atoms with Crippen molar-refractivity contribution in [2.45, 2.75) is 31.8 Å². The number of aromatic nitrogens is 2. The Bertz CT molecular complexity index is 1490. The van der Waals surface area contributed by atoms with E-state index in [1.165, 1.54) is 29.2 Å². The molecule has 2 heterocycles. The lowest BCUT2D eigenvalue weighted by Gasteiger charge is -2.35. The van der Waals surface area contributed by atoms with Crippen molar-refractivity contribution in [3.63, 3.8) is 0 Å². The third-order valence-corrected chi connectivity index (χ3v) is 7.06. The molecular formula is C29H26ClN5O5. The van der Waals surface area contributed by atoms with Crippen LogP contribution < -0.4 is 0 Å². The molecule has 11 heteroatoms. The number of benzene rings is 3. The molecule has 1 atom stereocenters. The molecule has 1 saturated heterocycles. The molecule has 5 rings (SSSR count). The zero-order valence-electron chi connectivity index (χ0n) is 21.5. The van der Waals surface area contributed by atoms with Gasteiger partial charge >= 0.3 is 0 Å². The third kappa shape index (κ3) is 6.18. The van der Waals surface area contributed by atoms with E-state index >= 15 is 0 Å². The van der Waals surface area contributed by atoms with Crippen LogP contribution in [-0.4, -0.2) is 49.8 Å². The second kappa shape index (κ2) is 12.1. The number of rotatable bonds is 8. The number of hydrogen-bond acceptors (Lipinski definition) is 7. The zero-order chi connectivity index (χ0) is 28.1. The zero-order valence-corrected chi connectivity index (χ0v) is 22.2. The molecular weight excluding hydrogens is 534 g/mol. The van der Waals surface area contributed by atoms with Crippen molar-refractivity contribution in [3.8, 4) is 11.4 Å². The normalized spacial score (nSPS) is 15.0. The van der Waals surface area contributed by atoms with Crippen LogP contribution >= 0.6 is 11.6 Å². The van der Waals surface area contributed by atoms with Crippen molar-refractivity contribution in [2.24, 2.45) is 0 Å². The highest BCUT2D eigenvalue weighted by molar-refractivity contribution is 6.30. The predicted octanol–water partition coefficient (Wildman–Crippen LogP) is 5.69. The molecule has 1 unspecified atom stereocenters. The fourth-order valence-corrected chi connectivity index (χ4v) is 4.87. The van der Waals surface area contributed by atoms with E-state index in [1.54, 1.807) is 29.2 Å². The predicted molar refractivity (Wildman–Crippen MR) is 147 cm³/mol. The van der Waals surface area contributed by atoms with Gasteiger partial charge in [-0.25, -0.2) is 0 Å². The van der Waals surface area contributed by atoms with Gasteiger partial charge in [0.25, 0.3) is 11.6 Å². The Morgan fingerprint density at radius 3 is 2.45 bits per heavy atom. The van der Waals surface area contributed by atoms with E-state index in [0.717, 1.165) is 24.0 Å². The molecule has 0 radical (unpaired) electrons. The van der Waals surface area contributed by atoms with Crippen LogP contribution in [0, 0.1) is 10.1 Å². The van der Waals surface area contributed by atoms with E-state index in [4.69, 9.17) is 16.1 Å². The minimum absolute atomic E-state index is 0.115. The number of nitro groups is 1. The first-order chi connectivity index (χ1) is 19.4. The lowest BCUT2D eigenvalue weighted by Crippen LogP contribution is -2.45. The fourth-order valence-electron chi connectivity index (χ4n) is 4.74. The van der Waals surface area contributed by atoms with Gasteiger partial charge < -0.3 is 14.3 Å². The van der Waals surface area contributed by atoms with Crippen LogP contribution in [0.1, 0.15) is 47.1 Å². The topological polar surface area (TPSA) is 123 Å². The van der Waals surface area contributed by atoms with Gasteiger partial charge in [-0.1, -0.05) is 47.1 Å². The maximum atomic E-state index is 13.7. The maximum absolute atomic E-state index is 13.7. The van der Waals surface area contributed by atoms with Crippen LogP contribution in [0.2, 0.25) is 5.02 Å². The highest BCUT2D eigenvalue weighted by atomic mass is 35.5. The van der Waals surface area contributed by atoms with Crippen LogP contribution in [-0.2, 0) is 11.3 Å². The summed E-state index contributed by atoms with van der Waals surface area (Å²) in [4.78, 5) is 45.5. The van der Waals surface area contributed by atoms with Gasteiger partial charge in [-0.15, -0.1) is 0 Å². The number of piperidine rings is 1. The molecule has 0 N–H and O–H groups in total. The van der Waals surface area contributed by atoms with Gasteiger partial charge in [0, 0.05) is 41.4 Å². The van der Waals surface area contributed by atoms with Crippen LogP contribution in [0.15, 0.2) is 83.4 Å². The van der Waals surface area contributed by atoms with E-state index in [2.05, 4.69) is 10.1 Å². The van der Waals surface area contributed by atoms with E-state index < -0.39 is 16.9 Å². The average molecular weight is 560 g/mol. The van der Waals surface area contributed by atoms with Crippen molar-refractivity contribution in [1.29, 1.82) is 0 Å². The molecule has 1 aromatic heterocycles. The number of nitrogens with zero attached hydrogens (tertiary/aromatic N) is 5. The van der Waals surface area contributed by atoms with Crippen LogP contribution in [0.25, 0.3) is 11.4 Å². The smallest absolute Gasteiger partial charge is 0.269 e. The van der Waals surface area contributed by atoms with Gasteiger partial charge in [-0.05, 0) is 61.2 Å². The first-order valence-corrected chi connectivity index (χ1v) is 13.2. The minimum Gasteiger partial charge on any atom is -0.337 e. The Kier molecular flexibility index (Phi) is 8.16. The molecule has 40 heavy (non-hydrogen) atoms. The molecule has 0 bridgehead atoms. The Morgan fingerprint density at radius 2 is 1.75 bits per heavy atom. The lowest BCUT2D eigenvalue weighted by molar-refractivity contribution is -0.384. The molecule has 2 amide bonds. The average Bonchev–Trinajstić information content (AvgIpc) is 3.47. The molecule has 10 nitrogen and oxygen atoms in total. The second-order valence-electron chi connectivity index (χ2n) is 9.51. The van der Waals surface area contributed by atoms with Gasteiger partial charge in [0.2, 0.25) is 17.6 Å². The number of halogens is 1. The number of amides is 2. The molecule has 3 aromatic carbocycles. The number of likely N-dealkylation sites (tertiary alicyclic amines) is 1. The molecule has 0 aliphatic carbocycles. The Labute approximate surface area is 235 Å². The summed E-state index contributed by atoms with van der Waals surface area (Å²) < 4.78 is 5.59. The number of non-ortho nitro benzene ring substituents is 1. The summed E-state index contributed by atoms with van der Waals surface area (Å²) in [6, 6.07) is 21.4. The summed E-state index contributed by atoms with van der Waals surface area (Å²) in [5.74, 6) is 0.101. The second-order valence-corrected chi connectivity index (χ2v) is 9.95. The fraction of sp³-hybridized carbons (Fsp3) is 0.241. The van der Waals surface area contributed by atoms with Gasteiger partial charge in [-0.3, -0.25) is 19.7 Å². The number of nitro benzene ring substituents is 1. The van der Waals surface area contributed by atoms with Crippen LogP contribution in [0.3, 0.4) is 0 Å². The number of carbonyl (C=O) groups is 2. The first-order valence-electron chi connectivity index (χ1n) is 12.9. The van der Waals surface area contributed by atoms with Crippen molar-refractivity contribution in [1.82, 2.24) is 19.9 Å². The molecule has 1 fully saturated rings. The first kappa shape index (κ1) is 27.0. The summed E-state index contributed by atoms with van der Waals surface area (Å²) in [5.41, 5.74) is 1.74. The SMILES string of the molecule is O=C(c1ccc([N+](=O)[O-])cc1)N(CC(=O)N1CCCCC1c1nc(-c2ccc(Cl)cc2)no1)Cc1ccccc1. The van der Waals surface area contributed by atoms with E-state index in [1.807, 2.05) is 30.3 Å². The standard InChI is InChI=1S/C29H26ClN5O5/c30-23-13-9-21(10-14-23)27-31-28(40-32-27)25-8-4-5-17-34(25)26(36)19-33(18-20-6-2-1-3-7-20)29(37)22-11-15-24(16-12-22)35(38)39/h1-3,6-7,9-16,25H,4-5,8,17-19H2. The molecule has 0 spiro atoms. The Morgan fingerprint density at radius 1 is 1.02 bits per heavy atom. The largest absolute Gasteiger partial charge is 0.337 e. The highest BCUT2D eigenvalue weighted by Crippen LogP contribution is 2.32. The van der Waals surface area contributed by atoms with E-state index in [9.17, 15) is 19.7 Å². The lowest BCUT2D eigenvalue weighted by atomic mass is 10.0. The summed E-state index contributed by atoms with van der Waals surface area (Å²) in [6.07, 6.45) is 2.36. The molecule has 1 aliphatic heterocycles. The van der Waals surface area contributed by atoms with E-state index in [0.29, 0.717) is 29.7 Å². The van der Waals surface area contributed by atoms with E-state index in [-0.39, 0.29) is 30.2 Å². The number of carbonyl (C=O) groups excluding carboxylic acids is 2. The number of hydrogen-bond donors (Lipinski definition) is 0. The Balaban J connectivity index is 1.37. The summed E-state index contributed by atoms with van der Waals surface area (Å²) >= 11 is 5.99. The van der Waals surface area contributed by atoms with Crippen molar-refractivity contribution >= 4 is 29.1 Å². The van der Waals surface area contributed by atoms with Gasteiger partial charge in [0.15, 0.2) is 0 Å². The molecule has 4 aromatic rings. The van der Waals surface area contributed by atoms with Gasteiger partial charge in [-0.2, -0.15) is 4.98 Å². The third-order valence-electron chi connectivity index (χ3n) is 6.81. The quantitative estimate of drug-likeness (QED) is 0.200. The van der Waals surface area contributed by atoms with Crippen molar-refractivity contribution < 1.29 is 19.0 Å². The molecule has 204 valence electrons. The van der Waals surface area contributed by atoms with Crippen molar-refractivity contribution in [3.05, 3.63) is 111 Å². The highest BCUT2D eigenvalue weighted by Gasteiger charge is 2.34. The van der Waals surface area contributed by atoms with Gasteiger partial charge in [0.1, 0.15) is 12.6 Å². The maximum Gasteiger partial charge on any atom is 0.269 e. The summed E-state index contributed by atoms with van der Waals surface area (Å²) in [6.45, 7) is 0.509.